The van der Waals surface area contributed by atoms with Crippen LogP contribution < -0.4 is 0 Å². The first-order valence-corrected chi connectivity index (χ1v) is 5.14. The summed E-state index contributed by atoms with van der Waals surface area (Å²) in [7, 11) is 0. The lowest BCUT2D eigenvalue weighted by Gasteiger charge is -1.97. The zero-order valence-electron chi connectivity index (χ0n) is 9.32. The fraction of sp³-hybridized carbons (Fsp3) is 0.214. The molecule has 0 aliphatic carbocycles. The summed E-state index contributed by atoms with van der Waals surface area (Å²) in [6, 6.07) is 7.66. The molecule has 0 unspecified atom stereocenters. The van der Waals surface area contributed by atoms with E-state index in [1.165, 1.54) is 0 Å². The molecule has 0 saturated carbocycles. The van der Waals surface area contributed by atoms with E-state index >= 15 is 0 Å². The second kappa shape index (κ2) is 6.47. The van der Waals surface area contributed by atoms with Gasteiger partial charge in [-0.1, -0.05) is 42.7 Å². The topological polar surface area (TPSA) is 26.3 Å². The zero-order valence-corrected chi connectivity index (χ0v) is 9.32. The molecule has 0 fully saturated rings. The van der Waals surface area contributed by atoms with Crippen LogP contribution in [0.5, 0.6) is 0 Å². The highest BCUT2D eigenvalue weighted by molar-refractivity contribution is 5.72. The van der Waals surface area contributed by atoms with E-state index in [1.54, 1.807) is 13.0 Å². The van der Waals surface area contributed by atoms with Crippen LogP contribution in [0, 0.1) is 11.8 Å². The van der Waals surface area contributed by atoms with Crippen LogP contribution in [0.25, 0.3) is 6.08 Å². The Morgan fingerprint density at radius 3 is 2.94 bits per heavy atom. The van der Waals surface area contributed by atoms with Gasteiger partial charge >= 0.3 is 5.97 Å². The highest BCUT2D eigenvalue weighted by Crippen LogP contribution is 2.07. The largest absolute Gasteiger partial charge is 0.465 e. The first-order chi connectivity index (χ1) is 7.77. The van der Waals surface area contributed by atoms with Crippen molar-refractivity contribution in [3.63, 3.8) is 0 Å². The fourth-order valence-electron chi connectivity index (χ4n) is 1.21. The SMILES string of the molecule is C=Cc1ccccc1C#CCC(=O)OCC. The summed E-state index contributed by atoms with van der Waals surface area (Å²) in [5, 5.41) is 0. The van der Waals surface area contributed by atoms with Crippen LogP contribution in [0.2, 0.25) is 0 Å². The van der Waals surface area contributed by atoms with Crippen LogP contribution >= 0.6 is 0 Å². The minimum atomic E-state index is -0.286. The first kappa shape index (κ1) is 12.1. The van der Waals surface area contributed by atoms with Crippen molar-refractivity contribution in [2.75, 3.05) is 6.61 Å². The van der Waals surface area contributed by atoms with E-state index < -0.39 is 0 Å². The molecule has 0 heterocycles. The summed E-state index contributed by atoms with van der Waals surface area (Å²) in [5.41, 5.74) is 1.85. The van der Waals surface area contributed by atoms with Crippen molar-refractivity contribution in [2.24, 2.45) is 0 Å². The van der Waals surface area contributed by atoms with Gasteiger partial charge in [0.15, 0.2) is 0 Å². The summed E-state index contributed by atoms with van der Waals surface area (Å²) < 4.78 is 4.77. The molecule has 1 rings (SSSR count). The zero-order chi connectivity index (χ0) is 11.8. The van der Waals surface area contributed by atoms with E-state index in [0.29, 0.717) is 6.61 Å². The Hall–Kier alpha value is -2.01. The molecule has 2 heteroatoms. The smallest absolute Gasteiger partial charge is 0.317 e. The van der Waals surface area contributed by atoms with Crippen LogP contribution in [0.4, 0.5) is 0 Å². The molecule has 2 nitrogen and oxygen atoms in total. The minimum absolute atomic E-state index is 0.124. The molecule has 0 saturated heterocycles. The normalized spacial score (nSPS) is 8.81. The van der Waals surface area contributed by atoms with Crippen molar-refractivity contribution in [1.82, 2.24) is 0 Å². The standard InChI is InChI=1S/C14H14O2/c1-3-12-8-5-6-9-13(12)10-7-11-14(15)16-4-2/h3,5-6,8-9H,1,4,11H2,2H3. The monoisotopic (exact) mass is 214 g/mol. The number of carbonyl (C=O) groups excluding carboxylic acids is 1. The molecular weight excluding hydrogens is 200 g/mol. The molecule has 0 amide bonds. The second-order valence-electron chi connectivity index (χ2n) is 3.07. The molecule has 0 aliphatic rings. The highest BCUT2D eigenvalue weighted by Gasteiger charge is 1.97. The van der Waals surface area contributed by atoms with Crippen molar-refractivity contribution < 1.29 is 9.53 Å². The van der Waals surface area contributed by atoms with Crippen LogP contribution in [0.3, 0.4) is 0 Å². The van der Waals surface area contributed by atoms with Crippen molar-refractivity contribution in [1.29, 1.82) is 0 Å². The van der Waals surface area contributed by atoms with Gasteiger partial charge in [0.05, 0.1) is 6.61 Å². The van der Waals surface area contributed by atoms with Gasteiger partial charge in [-0.25, -0.2) is 0 Å². The van der Waals surface area contributed by atoms with Crippen molar-refractivity contribution in [2.45, 2.75) is 13.3 Å². The van der Waals surface area contributed by atoms with Gasteiger partial charge in [0.2, 0.25) is 0 Å². The van der Waals surface area contributed by atoms with Crippen LogP contribution in [0.15, 0.2) is 30.8 Å². The molecule has 0 aliphatic heterocycles. The highest BCUT2D eigenvalue weighted by atomic mass is 16.5. The Kier molecular flexibility index (Phi) is 4.88. The molecule has 1 aromatic carbocycles. The molecule has 82 valence electrons. The number of esters is 1. The quantitative estimate of drug-likeness (QED) is 0.571. The maximum Gasteiger partial charge on any atom is 0.317 e. The molecular formula is C14H14O2. The Morgan fingerprint density at radius 1 is 1.50 bits per heavy atom. The fourth-order valence-corrected chi connectivity index (χ4v) is 1.21. The van der Waals surface area contributed by atoms with Gasteiger partial charge in [-0.05, 0) is 18.6 Å². The molecule has 16 heavy (non-hydrogen) atoms. The van der Waals surface area contributed by atoms with Crippen LogP contribution in [0.1, 0.15) is 24.5 Å². The molecule has 0 spiro atoms. The molecule has 0 aromatic heterocycles. The predicted octanol–water partition coefficient (Wildman–Crippen LogP) is 2.63. The van der Waals surface area contributed by atoms with Crippen molar-refractivity contribution >= 4 is 12.0 Å². The molecule has 0 atom stereocenters. The summed E-state index contributed by atoms with van der Waals surface area (Å²) >= 11 is 0. The Labute approximate surface area is 95.9 Å². The number of carbonyl (C=O) groups is 1. The van der Waals surface area contributed by atoms with Gasteiger partial charge in [0.1, 0.15) is 6.42 Å². The Bertz CT molecular complexity index is 436. The van der Waals surface area contributed by atoms with Gasteiger partial charge < -0.3 is 4.74 Å². The van der Waals surface area contributed by atoms with Crippen molar-refractivity contribution in [3.8, 4) is 11.8 Å². The maximum absolute atomic E-state index is 11.0. The third kappa shape index (κ3) is 3.62. The number of rotatable bonds is 3. The van der Waals surface area contributed by atoms with Gasteiger partial charge in [-0.2, -0.15) is 0 Å². The van der Waals surface area contributed by atoms with Gasteiger partial charge in [-0.15, -0.1) is 0 Å². The average Bonchev–Trinajstić information content (AvgIpc) is 2.30. The summed E-state index contributed by atoms with van der Waals surface area (Å²) in [6.45, 7) is 5.87. The molecule has 0 radical (unpaired) electrons. The number of ether oxygens (including phenoxy) is 1. The summed E-state index contributed by atoms with van der Waals surface area (Å²) in [5.74, 6) is 5.43. The van der Waals surface area contributed by atoms with Gasteiger partial charge in [-0.3, -0.25) is 4.79 Å². The lowest BCUT2D eigenvalue weighted by atomic mass is 10.1. The van der Waals surface area contributed by atoms with E-state index in [4.69, 9.17) is 4.74 Å². The lowest BCUT2D eigenvalue weighted by Crippen LogP contribution is -2.01. The maximum atomic E-state index is 11.0. The molecule has 0 bridgehead atoms. The van der Waals surface area contributed by atoms with E-state index in [9.17, 15) is 4.79 Å². The number of benzene rings is 1. The average molecular weight is 214 g/mol. The Morgan fingerprint density at radius 2 is 2.25 bits per heavy atom. The van der Waals surface area contributed by atoms with Gasteiger partial charge in [0, 0.05) is 5.56 Å². The minimum Gasteiger partial charge on any atom is -0.465 e. The van der Waals surface area contributed by atoms with Crippen LogP contribution in [-0.4, -0.2) is 12.6 Å². The van der Waals surface area contributed by atoms with E-state index in [-0.39, 0.29) is 12.4 Å². The van der Waals surface area contributed by atoms with Crippen molar-refractivity contribution in [3.05, 3.63) is 42.0 Å². The lowest BCUT2D eigenvalue weighted by molar-refractivity contribution is -0.141. The van der Waals surface area contributed by atoms with E-state index in [2.05, 4.69) is 18.4 Å². The summed E-state index contributed by atoms with van der Waals surface area (Å²) in [4.78, 5) is 11.0. The number of hydrogen-bond acceptors (Lipinski definition) is 2. The molecule has 0 N–H and O–H groups in total. The molecule has 1 aromatic rings. The number of hydrogen-bond donors (Lipinski definition) is 0. The summed E-state index contributed by atoms with van der Waals surface area (Å²) in [6.07, 6.45) is 1.87. The second-order valence-corrected chi connectivity index (χ2v) is 3.07. The Balaban J connectivity index is 2.69. The third-order valence-corrected chi connectivity index (χ3v) is 1.94. The first-order valence-electron chi connectivity index (χ1n) is 5.14. The van der Waals surface area contributed by atoms with Crippen LogP contribution in [-0.2, 0) is 9.53 Å². The van der Waals surface area contributed by atoms with Gasteiger partial charge in [0.25, 0.3) is 0 Å². The van der Waals surface area contributed by atoms with E-state index in [1.807, 2.05) is 24.3 Å². The van der Waals surface area contributed by atoms with E-state index in [0.717, 1.165) is 11.1 Å². The predicted molar refractivity (Wildman–Crippen MR) is 64.7 cm³/mol. The third-order valence-electron chi connectivity index (χ3n) is 1.94.